The van der Waals surface area contributed by atoms with Crippen molar-refractivity contribution in [3.05, 3.63) is 113 Å². The molecule has 2 aromatic carbocycles. The van der Waals surface area contributed by atoms with E-state index in [1.54, 1.807) is 10.9 Å². The maximum atomic E-state index is 13.6. The number of hydrogen-bond donors (Lipinski definition) is 3. The Bertz CT molecular complexity index is 1810. The molecule has 6 rings (SSSR count). The number of nitrogens with one attached hydrogen (secondary N) is 3. The highest BCUT2D eigenvalue weighted by Gasteiger charge is 2.28. The number of aryl methyl sites for hydroxylation is 1. The monoisotopic (exact) mass is 646 g/mol. The van der Waals surface area contributed by atoms with Gasteiger partial charge in [-0.05, 0) is 98.8 Å². The third-order valence-corrected chi connectivity index (χ3v) is 9.90. The zero-order valence-corrected chi connectivity index (χ0v) is 28.2. The van der Waals surface area contributed by atoms with Gasteiger partial charge in [-0.25, -0.2) is 9.48 Å². The zero-order valence-electron chi connectivity index (χ0n) is 27.4. The number of nitrogens with zero attached hydrogens (tertiary/aromatic N) is 3. The van der Waals surface area contributed by atoms with E-state index in [0.29, 0.717) is 23.8 Å². The molecule has 47 heavy (non-hydrogen) atoms. The number of urea groups is 1. The minimum absolute atomic E-state index is 0.0903. The van der Waals surface area contributed by atoms with Crippen LogP contribution in [0.25, 0.3) is 16.3 Å². The summed E-state index contributed by atoms with van der Waals surface area (Å²) in [6, 6.07) is 27.3. The van der Waals surface area contributed by atoms with Gasteiger partial charge < -0.3 is 10.6 Å². The molecule has 0 bridgehead atoms. The van der Waals surface area contributed by atoms with E-state index in [-0.39, 0.29) is 23.1 Å². The molecule has 242 valence electrons. The van der Waals surface area contributed by atoms with Crippen molar-refractivity contribution >= 4 is 34.7 Å². The number of aromatic nitrogens is 3. The lowest BCUT2D eigenvalue weighted by atomic mass is 9.77. The Morgan fingerprint density at radius 3 is 2.38 bits per heavy atom. The average molecular weight is 647 g/mol. The molecule has 0 aliphatic carbocycles. The molecular formula is C38H42N6O2S. The maximum Gasteiger partial charge on any atom is 0.324 e. The summed E-state index contributed by atoms with van der Waals surface area (Å²) in [7, 11) is 0. The van der Waals surface area contributed by atoms with Crippen LogP contribution in [0, 0.1) is 12.8 Å². The first-order valence-corrected chi connectivity index (χ1v) is 17.1. The van der Waals surface area contributed by atoms with Crippen molar-refractivity contribution in [2.45, 2.75) is 58.3 Å². The molecule has 1 unspecified atom stereocenters. The standard InChI is InChI=1S/C38H42N6O2S/c1-25-8-14-29(15-9-25)44-36(24-35(43-44)38(2,3)4)42-37(46)41-28-12-10-26(11-13-28)30(27-18-21-39-22-19-27)23-32(45)34-17-16-33(47-34)31-7-5-6-20-40-31/h5-17,20,24,27,30,39H,18-19,21-23H2,1-4H3,(H2,41,42,46). The van der Waals surface area contributed by atoms with Crippen LogP contribution in [-0.2, 0) is 5.41 Å². The first-order chi connectivity index (χ1) is 22.6. The van der Waals surface area contributed by atoms with Crippen LogP contribution in [0.4, 0.5) is 16.3 Å². The second-order valence-corrected chi connectivity index (χ2v) is 14.4. The summed E-state index contributed by atoms with van der Waals surface area (Å²) in [5.41, 5.74) is 5.40. The van der Waals surface area contributed by atoms with Crippen molar-refractivity contribution in [1.29, 1.82) is 0 Å². The lowest BCUT2D eigenvalue weighted by Gasteiger charge is -2.31. The molecule has 0 spiro atoms. The highest BCUT2D eigenvalue weighted by Crippen LogP contribution is 2.37. The number of carbonyl (C=O) groups excluding carboxylic acids is 2. The lowest BCUT2D eigenvalue weighted by molar-refractivity contribution is 0.0963. The van der Waals surface area contributed by atoms with Crippen molar-refractivity contribution in [2.75, 3.05) is 23.7 Å². The molecule has 9 heteroatoms. The van der Waals surface area contributed by atoms with Crippen LogP contribution < -0.4 is 16.0 Å². The van der Waals surface area contributed by atoms with Crippen molar-refractivity contribution in [1.82, 2.24) is 20.1 Å². The summed E-state index contributed by atoms with van der Waals surface area (Å²) < 4.78 is 1.77. The van der Waals surface area contributed by atoms with Gasteiger partial charge in [0.2, 0.25) is 0 Å². The molecular weight excluding hydrogens is 605 g/mol. The number of amides is 2. The number of rotatable bonds is 9. The number of hydrogen-bond acceptors (Lipinski definition) is 6. The molecule has 3 aromatic heterocycles. The second kappa shape index (κ2) is 14.0. The largest absolute Gasteiger partial charge is 0.324 e. The van der Waals surface area contributed by atoms with E-state index in [2.05, 4.69) is 53.8 Å². The number of pyridine rings is 1. The molecule has 1 saturated heterocycles. The van der Waals surface area contributed by atoms with E-state index in [9.17, 15) is 9.59 Å². The number of anilines is 2. The Morgan fingerprint density at radius 1 is 0.957 bits per heavy atom. The maximum absolute atomic E-state index is 13.6. The van der Waals surface area contributed by atoms with Gasteiger partial charge in [0.1, 0.15) is 5.82 Å². The third kappa shape index (κ3) is 7.86. The SMILES string of the molecule is Cc1ccc(-n2nc(C(C)(C)C)cc2NC(=O)Nc2ccc(C(CC(=O)c3ccc(-c4ccccn4)s3)C3CCNCC3)cc2)cc1. The van der Waals surface area contributed by atoms with Crippen LogP contribution in [-0.4, -0.2) is 39.7 Å². The molecule has 8 nitrogen and oxygen atoms in total. The van der Waals surface area contributed by atoms with E-state index >= 15 is 0 Å². The van der Waals surface area contributed by atoms with Crippen molar-refractivity contribution < 1.29 is 9.59 Å². The minimum atomic E-state index is -0.349. The van der Waals surface area contributed by atoms with E-state index in [1.165, 1.54) is 11.3 Å². The van der Waals surface area contributed by atoms with Gasteiger partial charge >= 0.3 is 6.03 Å². The molecule has 4 heterocycles. The average Bonchev–Trinajstić information content (AvgIpc) is 3.74. The first-order valence-electron chi connectivity index (χ1n) is 16.2. The third-order valence-electron chi connectivity index (χ3n) is 8.75. The van der Waals surface area contributed by atoms with Gasteiger partial charge in [-0.3, -0.25) is 15.1 Å². The zero-order chi connectivity index (χ0) is 33.0. The van der Waals surface area contributed by atoms with Crippen molar-refractivity contribution in [3.63, 3.8) is 0 Å². The summed E-state index contributed by atoms with van der Waals surface area (Å²) in [4.78, 5) is 33.0. The first kappa shape index (κ1) is 32.3. The Hall–Kier alpha value is -4.60. The molecule has 1 aliphatic heterocycles. The van der Waals surface area contributed by atoms with Crippen molar-refractivity contribution in [3.8, 4) is 16.3 Å². The molecule has 1 fully saturated rings. The Kier molecular flexibility index (Phi) is 9.66. The van der Waals surface area contributed by atoms with E-state index in [4.69, 9.17) is 5.10 Å². The summed E-state index contributed by atoms with van der Waals surface area (Å²) >= 11 is 1.51. The van der Waals surface area contributed by atoms with E-state index < -0.39 is 0 Å². The molecule has 1 aliphatic rings. The topological polar surface area (TPSA) is 101 Å². The quantitative estimate of drug-likeness (QED) is 0.139. The number of ketones is 1. The van der Waals surface area contributed by atoms with Crippen LogP contribution in [0.5, 0.6) is 0 Å². The summed E-state index contributed by atoms with van der Waals surface area (Å²) in [6.07, 6.45) is 4.26. The minimum Gasteiger partial charge on any atom is -0.317 e. The van der Waals surface area contributed by atoms with E-state index in [1.807, 2.05) is 79.7 Å². The Morgan fingerprint density at radius 2 is 1.70 bits per heavy atom. The highest BCUT2D eigenvalue weighted by molar-refractivity contribution is 7.17. The Labute approximate surface area is 280 Å². The van der Waals surface area contributed by atoms with Gasteiger partial charge in [0.15, 0.2) is 5.78 Å². The predicted octanol–water partition coefficient (Wildman–Crippen LogP) is 8.60. The smallest absolute Gasteiger partial charge is 0.317 e. The Balaban J connectivity index is 1.17. The number of thiophene rings is 1. The van der Waals surface area contributed by atoms with E-state index in [0.717, 1.165) is 63.9 Å². The number of benzene rings is 2. The highest BCUT2D eigenvalue weighted by atomic mass is 32.1. The fourth-order valence-corrected chi connectivity index (χ4v) is 6.98. The lowest BCUT2D eigenvalue weighted by Crippen LogP contribution is -2.31. The summed E-state index contributed by atoms with van der Waals surface area (Å²) in [5, 5.41) is 14.3. The molecule has 3 N–H and O–H groups in total. The number of carbonyl (C=O) groups is 2. The van der Waals surface area contributed by atoms with Crippen LogP contribution in [0.2, 0.25) is 0 Å². The molecule has 5 aromatic rings. The molecule has 2 amide bonds. The van der Waals surface area contributed by atoms with Gasteiger partial charge in [-0.15, -0.1) is 11.3 Å². The van der Waals surface area contributed by atoms with Gasteiger partial charge in [0.05, 0.1) is 26.8 Å². The van der Waals surface area contributed by atoms with Crippen molar-refractivity contribution in [2.24, 2.45) is 5.92 Å². The fraction of sp³-hybridized carbons (Fsp3) is 0.316. The van der Waals surface area contributed by atoms with Crippen LogP contribution in [0.15, 0.2) is 91.1 Å². The van der Waals surface area contributed by atoms with Crippen LogP contribution in [0.3, 0.4) is 0 Å². The van der Waals surface area contributed by atoms with Crippen LogP contribution in [0.1, 0.15) is 72.4 Å². The summed E-state index contributed by atoms with van der Waals surface area (Å²) in [5.74, 6) is 1.24. The van der Waals surface area contributed by atoms with Gasteiger partial charge in [0.25, 0.3) is 0 Å². The normalized spacial score (nSPS) is 14.5. The second-order valence-electron chi connectivity index (χ2n) is 13.3. The number of piperidine rings is 1. The molecule has 1 atom stereocenters. The van der Waals surface area contributed by atoms with Gasteiger partial charge in [0, 0.05) is 29.8 Å². The summed E-state index contributed by atoms with van der Waals surface area (Å²) in [6.45, 7) is 10.3. The molecule has 0 radical (unpaired) electrons. The fourth-order valence-electron chi connectivity index (χ4n) is 6.05. The van der Waals surface area contributed by atoms with Crippen LogP contribution >= 0.6 is 11.3 Å². The number of Topliss-reactive ketones (excluding diaryl/α,β-unsaturated/α-hetero) is 1. The molecule has 0 saturated carbocycles. The van der Waals surface area contributed by atoms with Gasteiger partial charge in [-0.1, -0.05) is 56.7 Å². The predicted molar refractivity (Wildman–Crippen MR) is 191 cm³/mol. The van der Waals surface area contributed by atoms with Gasteiger partial charge in [-0.2, -0.15) is 5.10 Å².